The highest BCUT2D eigenvalue weighted by atomic mass is 16.7. The van der Waals surface area contributed by atoms with Gasteiger partial charge in [0.15, 0.2) is 6.29 Å². The molecule has 486 valence electrons. The van der Waals surface area contributed by atoms with E-state index in [2.05, 4.69) is 55.6 Å². The van der Waals surface area contributed by atoms with Crippen LogP contribution in [-0.4, -0.2) is 100 Å². The van der Waals surface area contributed by atoms with Crippen molar-refractivity contribution >= 4 is 11.9 Å². The first-order chi connectivity index (χ1) is 40.7. The van der Waals surface area contributed by atoms with Crippen molar-refractivity contribution in [2.24, 2.45) is 0 Å². The molecular weight excluding hydrogens is 1040 g/mol. The number of hydrogen-bond donors (Lipinski definition) is 6. The zero-order chi connectivity index (χ0) is 60.2. The van der Waals surface area contributed by atoms with E-state index < -0.39 is 49.5 Å². The van der Waals surface area contributed by atoms with Crippen LogP contribution in [0.4, 0.5) is 0 Å². The van der Waals surface area contributed by atoms with Gasteiger partial charge in [0.2, 0.25) is 5.91 Å². The molecule has 0 spiro atoms. The number of carbonyl (C=O) groups excluding carboxylic acids is 2. The third kappa shape index (κ3) is 50.3. The number of unbranched alkanes of at least 4 members (excludes halogenated alkanes) is 42. The van der Waals surface area contributed by atoms with Crippen LogP contribution < -0.4 is 5.32 Å². The van der Waals surface area contributed by atoms with Gasteiger partial charge in [-0.1, -0.05) is 281 Å². The Labute approximate surface area is 510 Å². The lowest BCUT2D eigenvalue weighted by Gasteiger charge is -2.40. The molecule has 1 aliphatic heterocycles. The van der Waals surface area contributed by atoms with Crippen LogP contribution >= 0.6 is 0 Å². The molecule has 83 heavy (non-hydrogen) atoms. The number of esters is 1. The third-order valence-corrected chi connectivity index (χ3v) is 16.7. The van der Waals surface area contributed by atoms with Crippen LogP contribution in [-0.2, 0) is 23.8 Å². The van der Waals surface area contributed by atoms with Gasteiger partial charge in [0.25, 0.3) is 0 Å². The Balaban J connectivity index is 1.93. The number of amides is 1. The summed E-state index contributed by atoms with van der Waals surface area (Å²) in [6.45, 7) is 4.33. The minimum Gasteiger partial charge on any atom is -0.466 e. The predicted octanol–water partition coefficient (Wildman–Crippen LogP) is 18.0. The predicted molar refractivity (Wildman–Crippen MR) is 347 cm³/mol. The van der Waals surface area contributed by atoms with Gasteiger partial charge in [0.05, 0.1) is 32.0 Å². The molecule has 1 heterocycles. The number of hydrogen-bond acceptors (Lipinski definition) is 10. The Morgan fingerprint density at radius 3 is 1.23 bits per heavy atom. The van der Waals surface area contributed by atoms with Crippen LogP contribution in [0.15, 0.2) is 48.6 Å². The second-order valence-corrected chi connectivity index (χ2v) is 24.6. The van der Waals surface area contributed by atoms with Gasteiger partial charge in [-0.2, -0.15) is 0 Å². The van der Waals surface area contributed by atoms with Crippen molar-refractivity contribution in [3.8, 4) is 0 Å². The summed E-state index contributed by atoms with van der Waals surface area (Å²) in [5.41, 5.74) is 0. The van der Waals surface area contributed by atoms with E-state index in [1.807, 2.05) is 6.08 Å². The summed E-state index contributed by atoms with van der Waals surface area (Å²) in [5.74, 6) is -0.186. The SMILES string of the molecule is CCCCCCCC/C=C\CCCCCCCCCCCC(=O)OCCCCCCCCCCC/C=C\C/C=C\CCCCCCCCCCCCCC(=O)NC(COC1OC(CO)C(O)C(O)C1O)C(O)/C=C/CCCCCCCCC. The highest BCUT2D eigenvalue weighted by Crippen LogP contribution is 2.23. The molecule has 0 saturated carbocycles. The number of aliphatic hydroxyl groups is 5. The molecular formula is C72H133NO10. The molecule has 11 heteroatoms. The molecule has 7 atom stereocenters. The average molecular weight is 1170 g/mol. The van der Waals surface area contributed by atoms with Gasteiger partial charge in [0.1, 0.15) is 24.4 Å². The fourth-order valence-corrected chi connectivity index (χ4v) is 11.0. The Morgan fingerprint density at radius 1 is 0.446 bits per heavy atom. The van der Waals surface area contributed by atoms with Gasteiger partial charge in [0, 0.05) is 12.8 Å². The maximum Gasteiger partial charge on any atom is 0.305 e. The van der Waals surface area contributed by atoms with E-state index in [9.17, 15) is 35.1 Å². The molecule has 0 aromatic rings. The largest absolute Gasteiger partial charge is 0.466 e. The van der Waals surface area contributed by atoms with Gasteiger partial charge in [-0.25, -0.2) is 0 Å². The lowest BCUT2D eigenvalue weighted by Crippen LogP contribution is -2.60. The van der Waals surface area contributed by atoms with Gasteiger partial charge >= 0.3 is 5.97 Å². The fraction of sp³-hybridized carbons (Fsp3) is 0.861. The minimum absolute atomic E-state index is 0.000667. The molecule has 0 aromatic heterocycles. The molecule has 1 rings (SSSR count). The van der Waals surface area contributed by atoms with Crippen molar-refractivity contribution in [2.45, 2.75) is 378 Å². The summed E-state index contributed by atoms with van der Waals surface area (Å²) < 4.78 is 16.7. The van der Waals surface area contributed by atoms with E-state index in [-0.39, 0.29) is 18.5 Å². The molecule has 1 amide bonds. The molecule has 7 unspecified atom stereocenters. The Hall–Kier alpha value is -2.38. The molecule has 1 saturated heterocycles. The van der Waals surface area contributed by atoms with E-state index in [0.29, 0.717) is 19.4 Å². The van der Waals surface area contributed by atoms with Crippen LogP contribution in [0.5, 0.6) is 0 Å². The van der Waals surface area contributed by atoms with Gasteiger partial charge < -0.3 is 45.1 Å². The Kier molecular flexibility index (Phi) is 58.0. The maximum atomic E-state index is 13.0. The number of nitrogens with one attached hydrogen (secondary N) is 1. The number of ether oxygens (including phenoxy) is 3. The van der Waals surface area contributed by atoms with Gasteiger partial charge in [-0.15, -0.1) is 0 Å². The first-order valence-electron chi connectivity index (χ1n) is 35.4. The van der Waals surface area contributed by atoms with Crippen LogP contribution in [0, 0.1) is 0 Å². The van der Waals surface area contributed by atoms with Crippen molar-refractivity contribution in [2.75, 3.05) is 19.8 Å². The van der Waals surface area contributed by atoms with Crippen LogP contribution in [0.1, 0.15) is 335 Å². The Morgan fingerprint density at radius 2 is 0.807 bits per heavy atom. The standard InChI is InChI=1S/C72H133NO10/c1-3-5-7-9-11-13-14-15-16-17-27-31-34-37-40-44-48-52-56-60-68(77)81-61-57-53-49-45-41-38-35-32-29-26-24-22-20-18-19-21-23-25-28-30-33-36-39-43-47-51-55-59-67(76)73-64(65(75)58-54-50-46-42-12-10-8-6-4-2)63-82-72-71(80)70(79)69(78)66(62-74)83-72/h15-16,18-19,22,24,54,58,64-66,69-72,74-75,78-80H,3-14,17,20-21,23,25-53,55-57,59-63H2,1-2H3,(H,73,76)/b16-15-,19-18-,24-22-,58-54+. The summed E-state index contributed by atoms with van der Waals surface area (Å²) >= 11 is 0. The highest BCUT2D eigenvalue weighted by molar-refractivity contribution is 5.76. The lowest BCUT2D eigenvalue weighted by molar-refractivity contribution is -0.302. The summed E-state index contributed by atoms with van der Waals surface area (Å²) in [5, 5.41) is 54.3. The highest BCUT2D eigenvalue weighted by Gasteiger charge is 2.44. The summed E-state index contributed by atoms with van der Waals surface area (Å²) in [7, 11) is 0. The summed E-state index contributed by atoms with van der Waals surface area (Å²) in [4.78, 5) is 25.1. The van der Waals surface area contributed by atoms with E-state index in [1.54, 1.807) is 6.08 Å². The molecule has 6 N–H and O–H groups in total. The maximum absolute atomic E-state index is 13.0. The molecule has 0 radical (unpaired) electrons. The van der Waals surface area contributed by atoms with Crippen molar-refractivity contribution in [3.63, 3.8) is 0 Å². The molecule has 1 aliphatic rings. The lowest BCUT2D eigenvalue weighted by atomic mass is 9.99. The minimum atomic E-state index is -1.57. The Bertz CT molecular complexity index is 1520. The van der Waals surface area contributed by atoms with E-state index in [0.717, 1.165) is 64.2 Å². The van der Waals surface area contributed by atoms with Crippen LogP contribution in [0.3, 0.4) is 0 Å². The molecule has 1 fully saturated rings. The van der Waals surface area contributed by atoms with Gasteiger partial charge in [-0.3, -0.25) is 9.59 Å². The second-order valence-electron chi connectivity index (χ2n) is 24.6. The van der Waals surface area contributed by atoms with E-state index in [4.69, 9.17) is 14.2 Å². The molecule has 0 aliphatic carbocycles. The molecule has 0 aromatic carbocycles. The van der Waals surface area contributed by atoms with Gasteiger partial charge in [-0.05, 0) is 89.9 Å². The third-order valence-electron chi connectivity index (χ3n) is 16.7. The molecule has 11 nitrogen and oxygen atoms in total. The normalized spacial score (nSPS) is 18.4. The van der Waals surface area contributed by atoms with Crippen molar-refractivity contribution in [3.05, 3.63) is 48.6 Å². The summed E-state index contributed by atoms with van der Waals surface area (Å²) in [6, 6.07) is -0.812. The quantitative estimate of drug-likeness (QED) is 0.0195. The number of carbonyl (C=O) groups is 2. The topological polar surface area (TPSA) is 175 Å². The summed E-state index contributed by atoms with van der Waals surface area (Å²) in [6.07, 6.45) is 69.7. The molecule has 0 bridgehead atoms. The van der Waals surface area contributed by atoms with Crippen molar-refractivity contribution < 1.29 is 49.3 Å². The monoisotopic (exact) mass is 1170 g/mol. The second kappa shape index (κ2) is 61.3. The van der Waals surface area contributed by atoms with Crippen molar-refractivity contribution in [1.82, 2.24) is 5.32 Å². The van der Waals surface area contributed by atoms with Crippen LogP contribution in [0.25, 0.3) is 0 Å². The van der Waals surface area contributed by atoms with E-state index in [1.165, 1.54) is 244 Å². The number of allylic oxidation sites excluding steroid dienone is 7. The smallest absolute Gasteiger partial charge is 0.305 e. The average Bonchev–Trinajstić information content (AvgIpc) is 3.54. The van der Waals surface area contributed by atoms with E-state index >= 15 is 0 Å². The zero-order valence-electron chi connectivity index (χ0n) is 53.9. The number of rotatable bonds is 62. The van der Waals surface area contributed by atoms with Crippen LogP contribution in [0.2, 0.25) is 0 Å². The first-order valence-corrected chi connectivity index (χ1v) is 35.4. The zero-order valence-corrected chi connectivity index (χ0v) is 53.9. The van der Waals surface area contributed by atoms with Crippen molar-refractivity contribution in [1.29, 1.82) is 0 Å². The first kappa shape index (κ1) is 78.6. The number of aliphatic hydroxyl groups excluding tert-OH is 5. The fourth-order valence-electron chi connectivity index (χ4n) is 11.0.